The van der Waals surface area contributed by atoms with Crippen LogP contribution in [-0.4, -0.2) is 57.3 Å². The van der Waals surface area contributed by atoms with Gasteiger partial charge in [-0.3, -0.25) is 9.69 Å². The quantitative estimate of drug-likeness (QED) is 0.193. The van der Waals surface area contributed by atoms with E-state index < -0.39 is 25.2 Å². The smallest absolute Gasteiger partial charge is 0.492 e. The number of carbonyl (C=O) groups excluding carboxylic acids is 2. The number of anilines is 1. The van der Waals surface area contributed by atoms with Gasteiger partial charge in [0.25, 0.3) is 0 Å². The number of carbonyl (C=O) groups is 2. The van der Waals surface area contributed by atoms with E-state index in [0.717, 1.165) is 23.9 Å². The highest BCUT2D eigenvalue weighted by molar-refractivity contribution is 8.15. The van der Waals surface area contributed by atoms with Crippen molar-refractivity contribution in [1.29, 1.82) is 0 Å². The first-order valence-electron chi connectivity index (χ1n) is 13.1. The van der Waals surface area contributed by atoms with E-state index in [-0.39, 0.29) is 28.1 Å². The second kappa shape index (κ2) is 13.2. The SMILES string of the molecule is CCOc1ccccc1N1C(=O)CSC1=NC(=O)OCC(F)c1ccc(-c2ncn(-c3ccc(OC(F)(F)F)cc3)n2)cc1. The summed E-state index contributed by atoms with van der Waals surface area (Å²) in [4.78, 5) is 34.3. The van der Waals surface area contributed by atoms with Crippen molar-refractivity contribution in [3.63, 3.8) is 0 Å². The van der Waals surface area contributed by atoms with Gasteiger partial charge in [0, 0.05) is 5.56 Å². The first-order valence-corrected chi connectivity index (χ1v) is 14.0. The van der Waals surface area contributed by atoms with E-state index in [1.165, 1.54) is 40.2 Å². The molecule has 1 aliphatic rings. The maximum absolute atomic E-state index is 14.9. The average molecular weight is 630 g/mol. The largest absolute Gasteiger partial charge is 0.573 e. The van der Waals surface area contributed by atoms with Crippen LogP contribution in [0, 0.1) is 0 Å². The molecule has 1 aliphatic heterocycles. The average Bonchev–Trinajstić information content (AvgIpc) is 3.63. The number of benzene rings is 3. The Morgan fingerprint density at radius 2 is 1.80 bits per heavy atom. The Kier molecular flexibility index (Phi) is 9.13. The molecule has 1 aromatic heterocycles. The van der Waals surface area contributed by atoms with Crippen LogP contribution in [0.2, 0.25) is 0 Å². The topological polar surface area (TPSA) is 108 Å². The lowest BCUT2D eigenvalue weighted by Gasteiger charge is -2.19. The lowest BCUT2D eigenvalue weighted by atomic mass is 10.1. The number of hydrogen-bond acceptors (Lipinski definition) is 8. The monoisotopic (exact) mass is 629 g/mol. The van der Waals surface area contributed by atoms with Crippen LogP contribution in [0.1, 0.15) is 18.7 Å². The maximum Gasteiger partial charge on any atom is 0.573 e. The number of alkyl halides is 4. The summed E-state index contributed by atoms with van der Waals surface area (Å²) in [7, 11) is 0. The molecule has 4 aromatic rings. The maximum atomic E-state index is 14.9. The van der Waals surface area contributed by atoms with E-state index in [1.807, 2.05) is 0 Å². The van der Waals surface area contributed by atoms with Gasteiger partial charge < -0.3 is 14.2 Å². The number of thioether (sulfide) groups is 1. The molecule has 1 fully saturated rings. The van der Waals surface area contributed by atoms with E-state index >= 15 is 0 Å². The summed E-state index contributed by atoms with van der Waals surface area (Å²) in [5, 5.41) is 4.42. The third kappa shape index (κ3) is 7.34. The molecule has 1 saturated heterocycles. The molecule has 0 aliphatic carbocycles. The summed E-state index contributed by atoms with van der Waals surface area (Å²) in [6.45, 7) is 1.58. The van der Waals surface area contributed by atoms with Crippen LogP contribution in [0.15, 0.2) is 84.1 Å². The molecule has 44 heavy (non-hydrogen) atoms. The van der Waals surface area contributed by atoms with E-state index in [2.05, 4.69) is 19.8 Å². The van der Waals surface area contributed by atoms with Crippen LogP contribution in [-0.2, 0) is 9.53 Å². The lowest BCUT2D eigenvalue weighted by Crippen LogP contribution is -2.30. The zero-order chi connectivity index (χ0) is 31.3. The number of halogens is 4. The predicted octanol–water partition coefficient (Wildman–Crippen LogP) is 6.51. The normalized spacial score (nSPS) is 15.0. The van der Waals surface area contributed by atoms with Crippen LogP contribution in [0.3, 0.4) is 0 Å². The summed E-state index contributed by atoms with van der Waals surface area (Å²) in [6.07, 6.45) is -6.12. The second-order valence-electron chi connectivity index (χ2n) is 9.03. The van der Waals surface area contributed by atoms with Crippen molar-refractivity contribution in [2.75, 3.05) is 23.9 Å². The summed E-state index contributed by atoms with van der Waals surface area (Å²) >= 11 is 1.06. The number of aromatic nitrogens is 3. The lowest BCUT2D eigenvalue weighted by molar-refractivity contribution is -0.274. The number of ether oxygens (including phenoxy) is 3. The molecule has 10 nitrogen and oxygen atoms in total. The van der Waals surface area contributed by atoms with Gasteiger partial charge in [0.2, 0.25) is 5.91 Å². The van der Waals surface area contributed by atoms with Crippen molar-refractivity contribution in [2.24, 2.45) is 4.99 Å². The van der Waals surface area contributed by atoms with E-state index in [1.54, 1.807) is 43.3 Å². The number of amides is 2. The van der Waals surface area contributed by atoms with Gasteiger partial charge in [-0.05, 0) is 48.9 Å². The molecule has 1 atom stereocenters. The molecule has 15 heteroatoms. The number of aliphatic imine (C=N–C) groups is 1. The Morgan fingerprint density at radius 3 is 2.50 bits per heavy atom. The van der Waals surface area contributed by atoms with Crippen LogP contribution in [0.4, 0.5) is 28.0 Å². The molecule has 0 N–H and O–H groups in total. The first kappa shape index (κ1) is 30.5. The molecule has 0 radical (unpaired) electrons. The fourth-order valence-corrected chi connectivity index (χ4v) is 4.96. The van der Waals surface area contributed by atoms with E-state index in [4.69, 9.17) is 9.47 Å². The molecule has 3 aromatic carbocycles. The Labute approximate surface area is 252 Å². The Balaban J connectivity index is 1.19. The molecule has 0 saturated carbocycles. The minimum absolute atomic E-state index is 0.0704. The number of rotatable bonds is 9. The zero-order valence-electron chi connectivity index (χ0n) is 22.9. The van der Waals surface area contributed by atoms with Gasteiger partial charge in [0.15, 0.2) is 17.2 Å². The van der Waals surface area contributed by atoms with Gasteiger partial charge in [-0.25, -0.2) is 18.9 Å². The van der Waals surface area contributed by atoms with Gasteiger partial charge in [-0.1, -0.05) is 48.2 Å². The van der Waals surface area contributed by atoms with Crippen LogP contribution >= 0.6 is 11.8 Å². The molecular weight excluding hydrogens is 606 g/mol. The van der Waals surface area contributed by atoms with Crippen molar-refractivity contribution in [3.05, 3.63) is 84.7 Å². The van der Waals surface area contributed by atoms with Gasteiger partial charge in [-0.15, -0.1) is 18.3 Å². The molecular formula is C29H23F4N5O5S. The molecule has 5 rings (SSSR count). The fourth-order valence-electron chi connectivity index (χ4n) is 4.11. The molecule has 1 unspecified atom stereocenters. The van der Waals surface area contributed by atoms with E-state index in [0.29, 0.717) is 35.1 Å². The summed E-state index contributed by atoms with van der Waals surface area (Å²) in [5.41, 5.74) is 1.67. The first-order chi connectivity index (χ1) is 21.1. The third-order valence-corrected chi connectivity index (χ3v) is 6.99. The Morgan fingerprint density at radius 1 is 1.07 bits per heavy atom. The summed E-state index contributed by atoms with van der Waals surface area (Å²) in [5.74, 6) is 0.165. The highest BCUT2D eigenvalue weighted by atomic mass is 32.2. The number of amidine groups is 1. The van der Waals surface area contributed by atoms with E-state index in [9.17, 15) is 27.2 Å². The molecule has 2 heterocycles. The van der Waals surface area contributed by atoms with Crippen molar-refractivity contribution in [1.82, 2.24) is 14.8 Å². The highest BCUT2D eigenvalue weighted by Crippen LogP contribution is 2.34. The number of para-hydroxylation sites is 2. The van der Waals surface area contributed by atoms with Crippen LogP contribution in [0.25, 0.3) is 17.1 Å². The highest BCUT2D eigenvalue weighted by Gasteiger charge is 2.33. The zero-order valence-corrected chi connectivity index (χ0v) is 23.7. The van der Waals surface area contributed by atoms with Crippen LogP contribution in [0.5, 0.6) is 11.5 Å². The third-order valence-electron chi connectivity index (χ3n) is 6.07. The Bertz CT molecular complexity index is 1660. The minimum atomic E-state index is -4.79. The van der Waals surface area contributed by atoms with Crippen molar-refractivity contribution in [2.45, 2.75) is 19.5 Å². The van der Waals surface area contributed by atoms with Gasteiger partial charge in [0.1, 0.15) is 24.4 Å². The van der Waals surface area contributed by atoms with Gasteiger partial charge in [0.05, 0.1) is 23.7 Å². The van der Waals surface area contributed by atoms with Crippen molar-refractivity contribution < 1.29 is 41.4 Å². The summed E-state index contributed by atoms with van der Waals surface area (Å²) < 4.78 is 67.9. The summed E-state index contributed by atoms with van der Waals surface area (Å²) in [6, 6.07) is 18.1. The number of hydrogen-bond donors (Lipinski definition) is 0. The predicted molar refractivity (Wildman–Crippen MR) is 154 cm³/mol. The van der Waals surface area contributed by atoms with Crippen molar-refractivity contribution >= 4 is 34.6 Å². The number of nitrogens with zero attached hydrogens (tertiary/aromatic N) is 5. The minimum Gasteiger partial charge on any atom is -0.492 e. The van der Waals surface area contributed by atoms with Crippen LogP contribution < -0.4 is 14.4 Å². The molecule has 0 spiro atoms. The van der Waals surface area contributed by atoms with Crippen molar-refractivity contribution in [3.8, 4) is 28.6 Å². The van der Waals surface area contributed by atoms with Gasteiger partial charge in [-0.2, -0.15) is 4.99 Å². The second-order valence-corrected chi connectivity index (χ2v) is 9.98. The molecule has 2 amide bonds. The van der Waals surface area contributed by atoms with Gasteiger partial charge >= 0.3 is 12.5 Å². The Hall–Kier alpha value is -4.92. The standard InChI is InChI=1S/C29H23F4N5O5S/c1-2-41-24-6-4-3-5-23(24)38-25(39)16-44-27(38)35-28(40)42-15-22(30)18-7-9-19(10-8-18)26-34-17-37(36-26)20-11-13-21(14-12-20)43-29(31,32)33/h3-14,17,22H,2,15-16H2,1H3. The molecule has 228 valence electrons. The fraction of sp³-hybridized carbons (Fsp3) is 0.207. The molecule has 0 bridgehead atoms.